The number of Topliss-reactive ketones (excluding diaryl/α,β-unsaturated/α-hetero) is 1. The second-order valence-corrected chi connectivity index (χ2v) is 6.91. The second-order valence-electron chi connectivity index (χ2n) is 6.47. The van der Waals surface area contributed by atoms with Crippen molar-refractivity contribution in [2.24, 2.45) is 0 Å². The topological polar surface area (TPSA) is 80.3 Å². The van der Waals surface area contributed by atoms with Gasteiger partial charge in [0.15, 0.2) is 18.7 Å². The molecule has 7 nitrogen and oxygen atoms in total. The number of esters is 1. The van der Waals surface area contributed by atoms with Gasteiger partial charge >= 0.3 is 5.97 Å². The quantitative estimate of drug-likeness (QED) is 0.554. The third-order valence-corrected chi connectivity index (χ3v) is 4.70. The predicted octanol–water partition coefficient (Wildman–Crippen LogP) is 3.76. The van der Waals surface area contributed by atoms with E-state index in [1.807, 2.05) is 0 Å². The first kappa shape index (κ1) is 19.3. The van der Waals surface area contributed by atoms with Crippen LogP contribution in [-0.2, 0) is 20.9 Å². The van der Waals surface area contributed by atoms with Crippen LogP contribution in [0.25, 0.3) is 6.08 Å². The minimum Gasteiger partial charge on any atom is -0.479 e. The Morgan fingerprint density at radius 2 is 2.10 bits per heavy atom. The lowest BCUT2D eigenvalue weighted by Crippen LogP contribution is -2.24. The summed E-state index contributed by atoms with van der Waals surface area (Å²) in [5.41, 5.74) is 1.82. The number of hydrogen-bond acceptors (Lipinski definition) is 7. The molecule has 150 valence electrons. The summed E-state index contributed by atoms with van der Waals surface area (Å²) in [5.74, 6) is 0.701. The van der Waals surface area contributed by atoms with E-state index in [0.29, 0.717) is 40.0 Å². The number of ketones is 1. The molecule has 2 aliphatic rings. The van der Waals surface area contributed by atoms with Crippen molar-refractivity contribution >= 4 is 29.4 Å². The second kappa shape index (κ2) is 7.77. The zero-order valence-corrected chi connectivity index (χ0v) is 16.4. The van der Waals surface area contributed by atoms with Crippen LogP contribution in [0.3, 0.4) is 0 Å². The summed E-state index contributed by atoms with van der Waals surface area (Å²) in [6.07, 6.45) is 0.804. The van der Waals surface area contributed by atoms with E-state index >= 15 is 0 Å². The minimum absolute atomic E-state index is 0.124. The largest absolute Gasteiger partial charge is 0.479 e. The molecule has 0 spiro atoms. The number of halogens is 1. The third-order valence-electron chi connectivity index (χ3n) is 4.48. The number of hydrogen-bond donors (Lipinski definition) is 0. The fourth-order valence-electron chi connectivity index (χ4n) is 3.12. The Balaban J connectivity index is 1.62. The Hall–Kier alpha value is -3.03. The molecule has 2 heterocycles. The molecule has 0 fully saturated rings. The molecule has 2 aromatic carbocycles. The Labute approximate surface area is 171 Å². The first-order valence-electron chi connectivity index (χ1n) is 8.82. The fraction of sp³-hybridized carbons (Fsp3) is 0.238. The lowest BCUT2D eigenvalue weighted by Gasteiger charge is -2.20. The van der Waals surface area contributed by atoms with Crippen molar-refractivity contribution in [1.82, 2.24) is 0 Å². The van der Waals surface area contributed by atoms with Gasteiger partial charge < -0.3 is 23.7 Å². The normalized spacial score (nSPS) is 17.1. The average molecular weight is 417 g/mol. The number of methoxy groups -OCH3 is 1. The van der Waals surface area contributed by atoms with Crippen molar-refractivity contribution in [3.05, 3.63) is 57.8 Å². The molecule has 8 heteroatoms. The third kappa shape index (κ3) is 3.79. The van der Waals surface area contributed by atoms with Crippen molar-refractivity contribution in [3.63, 3.8) is 0 Å². The molecule has 1 atom stereocenters. The molecule has 0 amide bonds. The molecule has 2 aromatic rings. The molecule has 0 radical (unpaired) electrons. The van der Waals surface area contributed by atoms with Crippen molar-refractivity contribution in [3.8, 4) is 17.2 Å². The summed E-state index contributed by atoms with van der Waals surface area (Å²) in [4.78, 5) is 24.3. The molecule has 2 aliphatic heterocycles. The van der Waals surface area contributed by atoms with Crippen LogP contribution >= 0.6 is 11.6 Å². The van der Waals surface area contributed by atoms with Gasteiger partial charge in [-0.1, -0.05) is 11.6 Å². The van der Waals surface area contributed by atoms with Gasteiger partial charge in [0.2, 0.25) is 5.78 Å². The van der Waals surface area contributed by atoms with Crippen LogP contribution in [0.15, 0.2) is 36.1 Å². The van der Waals surface area contributed by atoms with E-state index in [1.54, 1.807) is 43.3 Å². The zero-order valence-electron chi connectivity index (χ0n) is 15.7. The minimum atomic E-state index is -0.789. The van der Waals surface area contributed by atoms with Crippen molar-refractivity contribution in [2.75, 3.05) is 13.9 Å². The lowest BCUT2D eigenvalue weighted by molar-refractivity contribution is -0.147. The Morgan fingerprint density at radius 1 is 1.28 bits per heavy atom. The van der Waals surface area contributed by atoms with Gasteiger partial charge in [-0.3, -0.25) is 4.79 Å². The molecule has 0 saturated carbocycles. The van der Waals surface area contributed by atoms with Crippen molar-refractivity contribution in [1.29, 1.82) is 0 Å². The van der Waals surface area contributed by atoms with Crippen molar-refractivity contribution < 1.29 is 33.3 Å². The fourth-order valence-corrected chi connectivity index (χ4v) is 3.37. The summed E-state index contributed by atoms with van der Waals surface area (Å²) in [5, 5.41) is 0.500. The standard InChI is InChI=1S/C21H17ClO7/c1-11(21(24)25-2)28-15-3-4-16-17(8-15)29-18(19(16)23)7-12-5-14(22)6-13-9-26-10-27-20(12)13/h3-8,11H,9-10H2,1-2H3/b18-7-/t11-/m1/s1. The van der Waals surface area contributed by atoms with Gasteiger partial charge in [-0.2, -0.15) is 0 Å². The van der Waals surface area contributed by atoms with Gasteiger partial charge in [-0.15, -0.1) is 0 Å². The smallest absolute Gasteiger partial charge is 0.346 e. The maximum atomic E-state index is 12.7. The summed E-state index contributed by atoms with van der Waals surface area (Å²) >= 11 is 6.18. The van der Waals surface area contributed by atoms with Gasteiger partial charge in [-0.25, -0.2) is 4.79 Å². The first-order valence-corrected chi connectivity index (χ1v) is 9.20. The van der Waals surface area contributed by atoms with Crippen LogP contribution in [0.5, 0.6) is 17.2 Å². The van der Waals surface area contributed by atoms with E-state index in [0.717, 1.165) is 5.56 Å². The molecule has 0 bridgehead atoms. The summed E-state index contributed by atoms with van der Waals surface area (Å²) in [7, 11) is 1.29. The molecule has 0 saturated heterocycles. The van der Waals surface area contributed by atoms with Crippen molar-refractivity contribution in [2.45, 2.75) is 19.6 Å². The Bertz CT molecular complexity index is 1030. The van der Waals surface area contributed by atoms with Gasteiger partial charge in [0.1, 0.15) is 17.2 Å². The highest BCUT2D eigenvalue weighted by Gasteiger charge is 2.29. The van der Waals surface area contributed by atoms with E-state index in [2.05, 4.69) is 4.74 Å². The summed E-state index contributed by atoms with van der Waals surface area (Å²) < 4.78 is 26.8. The monoisotopic (exact) mass is 416 g/mol. The molecule has 0 unspecified atom stereocenters. The van der Waals surface area contributed by atoms with Gasteiger partial charge in [0.05, 0.1) is 19.3 Å². The van der Waals surface area contributed by atoms with E-state index in [-0.39, 0.29) is 18.3 Å². The zero-order chi connectivity index (χ0) is 20.5. The number of fused-ring (bicyclic) bond motifs is 2. The van der Waals surface area contributed by atoms with Crippen LogP contribution in [0, 0.1) is 0 Å². The van der Waals surface area contributed by atoms with Gasteiger partial charge in [0, 0.05) is 22.2 Å². The molecule has 0 aromatic heterocycles. The molecule has 0 aliphatic carbocycles. The van der Waals surface area contributed by atoms with Crippen LogP contribution < -0.4 is 14.2 Å². The number of carbonyl (C=O) groups excluding carboxylic acids is 2. The molecular formula is C21H17ClO7. The van der Waals surface area contributed by atoms with Crippen LogP contribution in [0.4, 0.5) is 0 Å². The number of allylic oxidation sites excluding steroid dienone is 1. The number of rotatable bonds is 4. The summed E-state index contributed by atoms with van der Waals surface area (Å²) in [6.45, 7) is 2.07. The molecule has 4 rings (SSSR count). The van der Waals surface area contributed by atoms with Crippen LogP contribution in [0.1, 0.15) is 28.4 Å². The Morgan fingerprint density at radius 3 is 2.90 bits per heavy atom. The molecule has 0 N–H and O–H groups in total. The highest BCUT2D eigenvalue weighted by atomic mass is 35.5. The number of benzene rings is 2. The van der Waals surface area contributed by atoms with E-state index in [1.165, 1.54) is 7.11 Å². The van der Waals surface area contributed by atoms with Gasteiger partial charge in [0.25, 0.3) is 0 Å². The van der Waals surface area contributed by atoms with E-state index < -0.39 is 12.1 Å². The average Bonchev–Trinajstić information content (AvgIpc) is 3.02. The lowest BCUT2D eigenvalue weighted by atomic mass is 10.1. The Kier molecular flexibility index (Phi) is 5.17. The van der Waals surface area contributed by atoms with E-state index in [4.69, 9.17) is 30.5 Å². The molecular weight excluding hydrogens is 400 g/mol. The van der Waals surface area contributed by atoms with Crippen LogP contribution in [0.2, 0.25) is 5.02 Å². The predicted molar refractivity (Wildman–Crippen MR) is 103 cm³/mol. The molecule has 29 heavy (non-hydrogen) atoms. The number of ether oxygens (including phenoxy) is 5. The van der Waals surface area contributed by atoms with Crippen LogP contribution in [-0.4, -0.2) is 31.8 Å². The SMILES string of the molecule is COC(=O)[C@@H](C)Oc1ccc2c(c1)O/C(=C\c1cc(Cl)cc3c1OCOC3)C2=O. The first-order chi connectivity index (χ1) is 14.0. The highest BCUT2D eigenvalue weighted by molar-refractivity contribution is 6.31. The maximum absolute atomic E-state index is 12.7. The summed E-state index contributed by atoms with van der Waals surface area (Å²) in [6, 6.07) is 8.21. The maximum Gasteiger partial charge on any atom is 0.346 e. The van der Waals surface area contributed by atoms with E-state index in [9.17, 15) is 9.59 Å². The number of carbonyl (C=O) groups is 2. The highest BCUT2D eigenvalue weighted by Crippen LogP contribution is 2.38. The van der Waals surface area contributed by atoms with Gasteiger partial charge in [-0.05, 0) is 37.3 Å².